The van der Waals surface area contributed by atoms with Gasteiger partial charge in [-0.15, -0.1) is 0 Å². The molecule has 10 heteroatoms. The zero-order valence-electron chi connectivity index (χ0n) is 19.0. The second-order valence-corrected chi connectivity index (χ2v) is 12.0. The fraction of sp³-hybridized carbons (Fsp3) is 0.478. The molecule has 2 aliphatic rings. The quantitative estimate of drug-likeness (QED) is 0.660. The van der Waals surface area contributed by atoms with Gasteiger partial charge in [0, 0.05) is 39.7 Å². The molecule has 0 atom stereocenters. The first-order valence-corrected chi connectivity index (χ1v) is 13.1. The highest BCUT2D eigenvalue weighted by Crippen LogP contribution is 2.45. The standard InChI is InChI=1S/C23H28N2O6S2/c1-15-21(20-16(25(15)14-19(26)27)8-9-23(2,3)22(20)28)32-17-6-4-5-7-18(17)33(29,30)24-10-12-31-13-11-24/h4-7H,8-14H2,1-3H3,(H,26,27). The van der Waals surface area contributed by atoms with Crippen molar-refractivity contribution in [1.82, 2.24) is 8.87 Å². The molecule has 0 saturated carbocycles. The second kappa shape index (κ2) is 8.90. The number of rotatable bonds is 6. The first-order valence-electron chi connectivity index (χ1n) is 10.9. The van der Waals surface area contributed by atoms with Crippen molar-refractivity contribution in [2.45, 2.75) is 54.8 Å². The minimum atomic E-state index is -3.75. The summed E-state index contributed by atoms with van der Waals surface area (Å²) in [4.78, 5) is 26.3. The number of carbonyl (C=O) groups is 2. The summed E-state index contributed by atoms with van der Waals surface area (Å²) >= 11 is 1.23. The third-order valence-electron chi connectivity index (χ3n) is 6.35. The number of aromatic nitrogens is 1. The molecule has 0 amide bonds. The lowest BCUT2D eigenvalue weighted by Gasteiger charge is -2.29. The maximum absolute atomic E-state index is 13.4. The van der Waals surface area contributed by atoms with Gasteiger partial charge in [-0.25, -0.2) is 8.42 Å². The molecule has 1 saturated heterocycles. The summed E-state index contributed by atoms with van der Waals surface area (Å²) in [5.74, 6) is -1.02. The van der Waals surface area contributed by atoms with Crippen LogP contribution in [0.25, 0.3) is 0 Å². The first kappa shape index (κ1) is 24.0. The lowest BCUT2D eigenvalue weighted by molar-refractivity contribution is -0.137. The van der Waals surface area contributed by atoms with E-state index < -0.39 is 21.4 Å². The van der Waals surface area contributed by atoms with Gasteiger partial charge in [-0.05, 0) is 31.9 Å². The van der Waals surface area contributed by atoms with Gasteiger partial charge in [0.1, 0.15) is 6.54 Å². The molecule has 4 rings (SSSR count). The fourth-order valence-electron chi connectivity index (χ4n) is 4.41. The Morgan fingerprint density at radius 3 is 2.55 bits per heavy atom. The Kier molecular flexibility index (Phi) is 6.47. The van der Waals surface area contributed by atoms with Gasteiger partial charge in [0.15, 0.2) is 5.78 Å². The van der Waals surface area contributed by atoms with E-state index in [9.17, 15) is 23.1 Å². The van der Waals surface area contributed by atoms with Crippen LogP contribution in [0.3, 0.4) is 0 Å². The van der Waals surface area contributed by atoms with Crippen molar-refractivity contribution >= 4 is 33.5 Å². The summed E-state index contributed by atoms with van der Waals surface area (Å²) < 4.78 is 35.2. The van der Waals surface area contributed by atoms with Crippen LogP contribution in [0.1, 0.15) is 42.0 Å². The summed E-state index contributed by atoms with van der Waals surface area (Å²) in [6.07, 6.45) is 1.23. The number of aliphatic carboxylic acids is 1. The SMILES string of the molecule is Cc1c(Sc2ccccc2S(=O)(=O)N2CCOCC2)c2c(n1CC(=O)O)CCC(C)(C)C2=O. The largest absolute Gasteiger partial charge is 0.480 e. The highest BCUT2D eigenvalue weighted by molar-refractivity contribution is 8.00. The number of hydrogen-bond acceptors (Lipinski definition) is 6. The Morgan fingerprint density at radius 2 is 1.88 bits per heavy atom. The number of carbonyl (C=O) groups excluding carboxylic acids is 1. The maximum atomic E-state index is 13.4. The molecule has 0 bridgehead atoms. The molecule has 1 aromatic carbocycles. The predicted molar refractivity (Wildman–Crippen MR) is 123 cm³/mol. The number of nitrogens with zero attached hydrogens (tertiary/aromatic N) is 2. The molecule has 1 N–H and O–H groups in total. The molecule has 0 unspecified atom stereocenters. The Labute approximate surface area is 198 Å². The van der Waals surface area contributed by atoms with Crippen molar-refractivity contribution in [3.63, 3.8) is 0 Å². The number of fused-ring (bicyclic) bond motifs is 1. The van der Waals surface area contributed by atoms with E-state index in [1.165, 1.54) is 16.1 Å². The van der Waals surface area contributed by atoms with E-state index in [1.807, 2.05) is 13.8 Å². The summed E-state index contributed by atoms with van der Waals surface area (Å²) in [6.45, 7) is 6.63. The van der Waals surface area contributed by atoms with E-state index in [2.05, 4.69) is 0 Å². The van der Waals surface area contributed by atoms with Crippen molar-refractivity contribution < 1.29 is 27.9 Å². The molecule has 178 valence electrons. The van der Waals surface area contributed by atoms with E-state index >= 15 is 0 Å². The molecule has 1 aromatic heterocycles. The lowest BCUT2D eigenvalue weighted by Crippen LogP contribution is -2.40. The van der Waals surface area contributed by atoms with Gasteiger partial charge < -0.3 is 14.4 Å². The van der Waals surface area contributed by atoms with Gasteiger partial charge in [0.2, 0.25) is 10.0 Å². The third-order valence-corrected chi connectivity index (χ3v) is 9.71. The van der Waals surface area contributed by atoms with Crippen molar-refractivity contribution in [2.24, 2.45) is 5.41 Å². The maximum Gasteiger partial charge on any atom is 0.323 e. The zero-order chi connectivity index (χ0) is 24.0. The molecule has 8 nitrogen and oxygen atoms in total. The van der Waals surface area contributed by atoms with Crippen LogP contribution >= 0.6 is 11.8 Å². The van der Waals surface area contributed by atoms with Crippen LogP contribution in [0.4, 0.5) is 0 Å². The molecule has 2 aromatic rings. The number of Topliss-reactive ketones (excluding diaryl/α,β-unsaturated/α-hetero) is 1. The van der Waals surface area contributed by atoms with E-state index in [0.717, 1.165) is 5.69 Å². The molecule has 2 heterocycles. The van der Waals surface area contributed by atoms with Crippen LogP contribution in [0.2, 0.25) is 0 Å². The van der Waals surface area contributed by atoms with E-state index in [4.69, 9.17) is 4.74 Å². The summed E-state index contributed by atoms with van der Waals surface area (Å²) in [7, 11) is -3.75. The number of hydrogen-bond donors (Lipinski definition) is 1. The van der Waals surface area contributed by atoms with E-state index in [-0.39, 0.29) is 30.3 Å². The molecule has 0 spiro atoms. The number of ether oxygens (including phenoxy) is 1. The Bertz CT molecular complexity index is 1210. The Balaban J connectivity index is 1.82. The minimum absolute atomic E-state index is 0.0352. The fourth-order valence-corrected chi connectivity index (χ4v) is 7.43. The minimum Gasteiger partial charge on any atom is -0.480 e. The van der Waals surface area contributed by atoms with Crippen LogP contribution in [0.5, 0.6) is 0 Å². The number of morpholine rings is 1. The smallest absolute Gasteiger partial charge is 0.323 e. The normalized spacial score (nSPS) is 18.8. The van der Waals surface area contributed by atoms with Crippen molar-refractivity contribution in [3.8, 4) is 0 Å². The molecule has 1 aliphatic carbocycles. The van der Waals surface area contributed by atoms with Crippen LogP contribution in [0, 0.1) is 12.3 Å². The van der Waals surface area contributed by atoms with Gasteiger partial charge in [-0.2, -0.15) is 4.31 Å². The highest BCUT2D eigenvalue weighted by atomic mass is 32.2. The second-order valence-electron chi connectivity index (χ2n) is 8.99. The molecule has 1 fully saturated rings. The summed E-state index contributed by atoms with van der Waals surface area (Å²) in [5, 5.41) is 9.45. The topological polar surface area (TPSA) is 106 Å². The van der Waals surface area contributed by atoms with Gasteiger partial charge in [-0.3, -0.25) is 9.59 Å². The van der Waals surface area contributed by atoms with Gasteiger partial charge in [0.05, 0.1) is 23.7 Å². The zero-order valence-corrected chi connectivity index (χ0v) is 20.6. The van der Waals surface area contributed by atoms with Crippen LogP contribution in [-0.4, -0.2) is 60.5 Å². The number of benzene rings is 1. The predicted octanol–water partition coefficient (Wildman–Crippen LogP) is 3.21. The van der Waals surface area contributed by atoms with Crippen LogP contribution < -0.4 is 0 Å². The molecular weight excluding hydrogens is 464 g/mol. The molecule has 33 heavy (non-hydrogen) atoms. The highest BCUT2D eigenvalue weighted by Gasteiger charge is 2.40. The van der Waals surface area contributed by atoms with Crippen LogP contribution in [0.15, 0.2) is 39.0 Å². The van der Waals surface area contributed by atoms with Crippen LogP contribution in [-0.2, 0) is 32.5 Å². The summed E-state index contributed by atoms with van der Waals surface area (Å²) in [5.41, 5.74) is 1.34. The van der Waals surface area contributed by atoms with E-state index in [0.29, 0.717) is 47.1 Å². The monoisotopic (exact) mass is 492 g/mol. The molecular formula is C23H28N2O6S2. The summed E-state index contributed by atoms with van der Waals surface area (Å²) in [6, 6.07) is 6.76. The number of ketones is 1. The van der Waals surface area contributed by atoms with E-state index in [1.54, 1.807) is 35.8 Å². The molecule has 1 aliphatic heterocycles. The van der Waals surface area contributed by atoms with Gasteiger partial charge in [0.25, 0.3) is 0 Å². The Morgan fingerprint density at radius 1 is 1.21 bits per heavy atom. The number of sulfonamides is 1. The Hall–Kier alpha value is -2.14. The van der Waals surface area contributed by atoms with Crippen molar-refractivity contribution in [3.05, 3.63) is 41.2 Å². The average Bonchev–Trinajstić information content (AvgIpc) is 3.03. The van der Waals surface area contributed by atoms with Gasteiger partial charge in [-0.1, -0.05) is 37.7 Å². The average molecular weight is 493 g/mol. The van der Waals surface area contributed by atoms with Gasteiger partial charge >= 0.3 is 5.97 Å². The number of carboxylic acids is 1. The van der Waals surface area contributed by atoms with Crippen molar-refractivity contribution in [2.75, 3.05) is 26.3 Å². The number of carboxylic acid groups (broad SMARTS) is 1. The van der Waals surface area contributed by atoms with Crippen molar-refractivity contribution in [1.29, 1.82) is 0 Å². The third kappa shape index (κ3) is 4.37. The lowest BCUT2D eigenvalue weighted by atomic mass is 9.75. The first-order chi connectivity index (χ1) is 15.5. The molecule has 0 radical (unpaired) electrons.